The molecule has 0 N–H and O–H groups in total. The van der Waals surface area contributed by atoms with Crippen LogP contribution in [0.2, 0.25) is 0 Å². The Morgan fingerprint density at radius 3 is 2.62 bits per heavy atom. The second-order valence-corrected chi connectivity index (χ2v) is 3.91. The Morgan fingerprint density at radius 1 is 1.25 bits per heavy atom. The van der Waals surface area contributed by atoms with Crippen molar-refractivity contribution in [2.24, 2.45) is 0 Å². The highest BCUT2D eigenvalue weighted by atomic mass is 79.9. The van der Waals surface area contributed by atoms with Crippen LogP contribution in [0.15, 0.2) is 30.5 Å². The number of alkyl halides is 4. The van der Waals surface area contributed by atoms with Gasteiger partial charge in [-0.3, -0.25) is 4.98 Å². The number of aromatic nitrogens is 1. The number of pyridine rings is 1. The predicted molar refractivity (Wildman–Crippen MR) is 59.4 cm³/mol. The Hall–Kier alpha value is -1.10. The third kappa shape index (κ3) is 2.04. The SMILES string of the molecule is FC(F)(F)c1cc(CBr)cc2cccnc12. The Kier molecular flexibility index (Phi) is 2.88. The van der Waals surface area contributed by atoms with Crippen molar-refractivity contribution in [2.75, 3.05) is 0 Å². The summed E-state index contributed by atoms with van der Waals surface area (Å²) in [5.41, 5.74) is -0.0902. The van der Waals surface area contributed by atoms with Crippen molar-refractivity contribution in [3.63, 3.8) is 0 Å². The van der Waals surface area contributed by atoms with Gasteiger partial charge in [0, 0.05) is 16.9 Å². The van der Waals surface area contributed by atoms with Gasteiger partial charge < -0.3 is 0 Å². The van der Waals surface area contributed by atoms with Gasteiger partial charge in [-0.2, -0.15) is 13.2 Å². The summed E-state index contributed by atoms with van der Waals surface area (Å²) in [6.45, 7) is 0. The molecule has 1 aromatic carbocycles. The second-order valence-electron chi connectivity index (χ2n) is 3.35. The van der Waals surface area contributed by atoms with E-state index in [-0.39, 0.29) is 5.52 Å². The summed E-state index contributed by atoms with van der Waals surface area (Å²) in [5, 5.41) is 0.896. The normalized spacial score (nSPS) is 12.0. The number of nitrogens with zero attached hydrogens (tertiary/aromatic N) is 1. The molecule has 16 heavy (non-hydrogen) atoms. The van der Waals surface area contributed by atoms with Gasteiger partial charge in [-0.15, -0.1) is 0 Å². The van der Waals surface area contributed by atoms with Crippen LogP contribution in [-0.2, 0) is 11.5 Å². The molecule has 0 aliphatic carbocycles. The molecule has 0 spiro atoms. The fraction of sp³-hybridized carbons (Fsp3) is 0.182. The van der Waals surface area contributed by atoms with Crippen LogP contribution < -0.4 is 0 Å². The highest BCUT2D eigenvalue weighted by Crippen LogP contribution is 2.35. The average molecular weight is 290 g/mol. The zero-order chi connectivity index (χ0) is 11.8. The summed E-state index contributed by atoms with van der Waals surface area (Å²) in [6.07, 6.45) is -3.00. The zero-order valence-corrected chi connectivity index (χ0v) is 9.64. The Balaban J connectivity index is 2.79. The van der Waals surface area contributed by atoms with Gasteiger partial charge in [0.2, 0.25) is 0 Å². The molecule has 1 aromatic heterocycles. The summed E-state index contributed by atoms with van der Waals surface area (Å²) in [4.78, 5) is 3.79. The van der Waals surface area contributed by atoms with E-state index in [4.69, 9.17) is 0 Å². The standard InChI is InChI=1S/C11H7BrF3N/c12-6-7-4-8-2-1-3-16-10(8)9(5-7)11(13,14)15/h1-5H,6H2. The van der Waals surface area contributed by atoms with E-state index < -0.39 is 11.7 Å². The first-order valence-electron chi connectivity index (χ1n) is 4.53. The van der Waals surface area contributed by atoms with E-state index in [0.29, 0.717) is 16.3 Å². The van der Waals surface area contributed by atoms with Crippen molar-refractivity contribution in [2.45, 2.75) is 11.5 Å². The first kappa shape index (κ1) is 11.4. The smallest absolute Gasteiger partial charge is 0.256 e. The maximum absolute atomic E-state index is 12.8. The lowest BCUT2D eigenvalue weighted by Gasteiger charge is -2.11. The van der Waals surface area contributed by atoms with Crippen LogP contribution in [0.3, 0.4) is 0 Å². The van der Waals surface area contributed by atoms with E-state index in [2.05, 4.69) is 20.9 Å². The van der Waals surface area contributed by atoms with E-state index in [9.17, 15) is 13.2 Å². The lowest BCUT2D eigenvalue weighted by atomic mass is 10.1. The molecule has 0 amide bonds. The van der Waals surface area contributed by atoms with Gasteiger partial charge in [0.1, 0.15) is 0 Å². The second kappa shape index (κ2) is 4.05. The predicted octanol–water partition coefficient (Wildman–Crippen LogP) is 4.15. The van der Waals surface area contributed by atoms with Crippen molar-refractivity contribution in [1.82, 2.24) is 4.98 Å². The number of hydrogen-bond donors (Lipinski definition) is 0. The average Bonchev–Trinajstić information content (AvgIpc) is 2.26. The largest absolute Gasteiger partial charge is 0.418 e. The molecular formula is C11H7BrF3N. The maximum atomic E-state index is 12.8. The molecule has 0 saturated carbocycles. The fourth-order valence-electron chi connectivity index (χ4n) is 1.55. The van der Waals surface area contributed by atoms with E-state index in [1.54, 1.807) is 18.2 Å². The van der Waals surface area contributed by atoms with Crippen LogP contribution in [0, 0.1) is 0 Å². The molecular weight excluding hydrogens is 283 g/mol. The molecule has 2 rings (SSSR count). The van der Waals surface area contributed by atoms with Gasteiger partial charge in [0.05, 0.1) is 11.1 Å². The molecule has 0 saturated heterocycles. The highest BCUT2D eigenvalue weighted by Gasteiger charge is 2.33. The maximum Gasteiger partial charge on any atom is 0.418 e. The van der Waals surface area contributed by atoms with Gasteiger partial charge in [-0.25, -0.2) is 0 Å². The van der Waals surface area contributed by atoms with Crippen molar-refractivity contribution in [3.05, 3.63) is 41.6 Å². The monoisotopic (exact) mass is 289 g/mol. The summed E-state index contributed by atoms with van der Waals surface area (Å²) in [5.74, 6) is 0. The van der Waals surface area contributed by atoms with Crippen molar-refractivity contribution in [1.29, 1.82) is 0 Å². The Bertz CT molecular complexity index is 522. The van der Waals surface area contributed by atoms with Crippen LogP contribution in [0.4, 0.5) is 13.2 Å². The van der Waals surface area contributed by atoms with E-state index >= 15 is 0 Å². The summed E-state index contributed by atoms with van der Waals surface area (Å²) in [6, 6.07) is 6.08. The van der Waals surface area contributed by atoms with Crippen molar-refractivity contribution < 1.29 is 13.2 Å². The molecule has 2 aromatic rings. The summed E-state index contributed by atoms with van der Waals surface area (Å²) >= 11 is 3.16. The van der Waals surface area contributed by atoms with Crippen molar-refractivity contribution >= 4 is 26.8 Å². The molecule has 1 heterocycles. The lowest BCUT2D eigenvalue weighted by Crippen LogP contribution is -2.07. The summed E-state index contributed by atoms with van der Waals surface area (Å²) < 4.78 is 38.3. The number of hydrogen-bond acceptors (Lipinski definition) is 1. The first-order chi connectivity index (χ1) is 7.52. The van der Waals surface area contributed by atoms with Gasteiger partial charge in [0.25, 0.3) is 0 Å². The molecule has 0 unspecified atom stereocenters. The number of benzene rings is 1. The molecule has 0 atom stereocenters. The fourth-order valence-corrected chi connectivity index (χ4v) is 1.87. The van der Waals surface area contributed by atoms with Gasteiger partial charge in [-0.05, 0) is 23.8 Å². The van der Waals surface area contributed by atoms with Crippen molar-refractivity contribution in [3.8, 4) is 0 Å². The molecule has 0 fully saturated rings. The van der Waals surface area contributed by atoms with E-state index in [0.717, 1.165) is 6.07 Å². The van der Waals surface area contributed by atoms with Crippen LogP contribution in [0.5, 0.6) is 0 Å². The van der Waals surface area contributed by atoms with Gasteiger partial charge in [0.15, 0.2) is 0 Å². The molecule has 84 valence electrons. The highest BCUT2D eigenvalue weighted by molar-refractivity contribution is 9.08. The Labute approximate surface area is 98.4 Å². The third-order valence-electron chi connectivity index (χ3n) is 2.22. The summed E-state index contributed by atoms with van der Waals surface area (Å²) in [7, 11) is 0. The van der Waals surface area contributed by atoms with Crippen LogP contribution in [-0.4, -0.2) is 4.98 Å². The zero-order valence-electron chi connectivity index (χ0n) is 8.05. The van der Waals surface area contributed by atoms with Gasteiger partial charge in [-0.1, -0.05) is 22.0 Å². The van der Waals surface area contributed by atoms with Gasteiger partial charge >= 0.3 is 6.18 Å². The minimum absolute atomic E-state index is 0.000278. The molecule has 0 aliphatic rings. The minimum Gasteiger partial charge on any atom is -0.256 e. The third-order valence-corrected chi connectivity index (χ3v) is 2.87. The Morgan fingerprint density at radius 2 is 2.00 bits per heavy atom. The topological polar surface area (TPSA) is 12.9 Å². The van der Waals surface area contributed by atoms with Crippen LogP contribution in [0.25, 0.3) is 10.9 Å². The molecule has 0 radical (unpaired) electrons. The molecule has 0 aliphatic heterocycles. The lowest BCUT2D eigenvalue weighted by molar-refractivity contribution is -0.136. The number of fused-ring (bicyclic) bond motifs is 1. The molecule has 0 bridgehead atoms. The van der Waals surface area contributed by atoms with Crippen LogP contribution >= 0.6 is 15.9 Å². The molecule has 5 heteroatoms. The number of rotatable bonds is 1. The molecule has 1 nitrogen and oxygen atoms in total. The van der Waals surface area contributed by atoms with E-state index in [1.165, 1.54) is 6.20 Å². The number of halogens is 4. The minimum atomic E-state index is -4.37. The quantitative estimate of drug-likeness (QED) is 0.719. The van der Waals surface area contributed by atoms with Crippen LogP contribution in [0.1, 0.15) is 11.1 Å². The first-order valence-corrected chi connectivity index (χ1v) is 5.65. The van der Waals surface area contributed by atoms with E-state index in [1.807, 2.05) is 0 Å².